The van der Waals surface area contributed by atoms with Gasteiger partial charge in [0.15, 0.2) is 0 Å². The number of carbonyl (C=O) groups excluding carboxylic acids is 1. The Bertz CT molecular complexity index is 792. The first kappa shape index (κ1) is 18.6. The highest BCUT2D eigenvalue weighted by Crippen LogP contribution is 2.25. The maximum Gasteiger partial charge on any atom is 0.317 e. The molecule has 0 bridgehead atoms. The molecule has 138 valence electrons. The van der Waals surface area contributed by atoms with E-state index in [1.54, 1.807) is 13.2 Å². The zero-order valence-electron chi connectivity index (χ0n) is 15.2. The van der Waals surface area contributed by atoms with Crippen LogP contribution < -0.4 is 9.47 Å². The van der Waals surface area contributed by atoms with Crippen molar-refractivity contribution in [3.63, 3.8) is 0 Å². The maximum absolute atomic E-state index is 12.9. The van der Waals surface area contributed by atoms with Gasteiger partial charge in [-0.05, 0) is 66.9 Å². The molecule has 1 amide bonds. The van der Waals surface area contributed by atoms with Crippen LogP contribution in [0.5, 0.6) is 11.8 Å². The Labute approximate surface area is 161 Å². The number of hydrogen-bond donors (Lipinski definition) is 0. The van der Waals surface area contributed by atoms with Crippen molar-refractivity contribution in [3.8, 4) is 11.8 Å². The van der Waals surface area contributed by atoms with Gasteiger partial charge >= 0.3 is 6.01 Å². The van der Waals surface area contributed by atoms with Gasteiger partial charge in [-0.1, -0.05) is 0 Å². The van der Waals surface area contributed by atoms with Crippen molar-refractivity contribution >= 4 is 21.8 Å². The number of aromatic nitrogens is 2. The molecule has 2 heterocycles. The molecule has 1 aliphatic rings. The van der Waals surface area contributed by atoms with Crippen LogP contribution >= 0.6 is 15.9 Å². The van der Waals surface area contributed by atoms with Gasteiger partial charge in [0.2, 0.25) is 0 Å². The lowest BCUT2D eigenvalue weighted by Gasteiger charge is -2.32. The normalized spacial score (nSPS) is 17.1. The molecule has 0 saturated carbocycles. The first-order valence-corrected chi connectivity index (χ1v) is 9.37. The second-order valence-corrected chi connectivity index (χ2v) is 7.27. The van der Waals surface area contributed by atoms with Crippen LogP contribution in [0.2, 0.25) is 0 Å². The Kier molecular flexibility index (Phi) is 5.76. The van der Waals surface area contributed by atoms with Crippen LogP contribution in [-0.2, 0) is 0 Å². The van der Waals surface area contributed by atoms with Crippen molar-refractivity contribution in [1.82, 2.24) is 14.9 Å². The first-order valence-electron chi connectivity index (χ1n) is 8.58. The SMILES string of the molecule is COc1ccc(Br)c(C(=O)N2CCCC(Oc3nc(C)cc(C)n3)C2)c1. The number of benzene rings is 1. The molecule has 1 aromatic heterocycles. The van der Waals surface area contributed by atoms with E-state index in [0.29, 0.717) is 30.4 Å². The van der Waals surface area contributed by atoms with Crippen LogP contribution in [0.3, 0.4) is 0 Å². The molecule has 6 nitrogen and oxygen atoms in total. The summed E-state index contributed by atoms with van der Waals surface area (Å²) in [5.41, 5.74) is 2.33. The molecule has 1 fully saturated rings. The summed E-state index contributed by atoms with van der Waals surface area (Å²) in [7, 11) is 1.59. The van der Waals surface area contributed by atoms with Crippen LogP contribution in [-0.4, -0.2) is 47.1 Å². The molecule has 0 N–H and O–H groups in total. The monoisotopic (exact) mass is 419 g/mol. The number of rotatable bonds is 4. The minimum absolute atomic E-state index is 0.0367. The molecule has 0 spiro atoms. The molecule has 7 heteroatoms. The van der Waals surface area contributed by atoms with E-state index in [9.17, 15) is 4.79 Å². The third-order valence-corrected chi connectivity index (χ3v) is 4.99. The summed E-state index contributed by atoms with van der Waals surface area (Å²) in [6.07, 6.45) is 1.64. The number of piperidine rings is 1. The summed E-state index contributed by atoms with van der Waals surface area (Å²) in [4.78, 5) is 23.4. The highest BCUT2D eigenvalue weighted by Gasteiger charge is 2.27. The van der Waals surface area contributed by atoms with Gasteiger partial charge in [0.25, 0.3) is 5.91 Å². The van der Waals surface area contributed by atoms with Crippen LogP contribution in [0, 0.1) is 13.8 Å². The maximum atomic E-state index is 12.9. The number of amides is 1. The van der Waals surface area contributed by atoms with Crippen LogP contribution in [0.15, 0.2) is 28.7 Å². The van der Waals surface area contributed by atoms with Crippen LogP contribution in [0.4, 0.5) is 0 Å². The Balaban J connectivity index is 1.72. The fourth-order valence-corrected chi connectivity index (χ4v) is 3.50. The molecule has 26 heavy (non-hydrogen) atoms. The van der Waals surface area contributed by atoms with Gasteiger partial charge in [-0.2, -0.15) is 0 Å². The lowest BCUT2D eigenvalue weighted by atomic mass is 10.1. The molecule has 1 unspecified atom stereocenters. The zero-order chi connectivity index (χ0) is 18.7. The summed E-state index contributed by atoms with van der Waals surface area (Å²) in [6.45, 7) is 5.05. The number of ether oxygens (including phenoxy) is 2. The molecule has 1 aliphatic heterocycles. The van der Waals surface area contributed by atoms with Gasteiger partial charge in [0.1, 0.15) is 11.9 Å². The molecule has 3 rings (SSSR count). The number of nitrogens with zero attached hydrogens (tertiary/aromatic N) is 3. The lowest BCUT2D eigenvalue weighted by Crippen LogP contribution is -2.44. The van der Waals surface area contributed by atoms with Gasteiger partial charge < -0.3 is 14.4 Å². The van der Waals surface area contributed by atoms with Crippen LogP contribution in [0.1, 0.15) is 34.6 Å². The predicted molar refractivity (Wildman–Crippen MR) is 102 cm³/mol. The standard InChI is InChI=1S/C19H22BrN3O3/c1-12-9-13(2)22-19(21-12)26-15-5-4-8-23(11-15)18(24)16-10-14(25-3)6-7-17(16)20/h6-7,9-10,15H,4-5,8,11H2,1-3H3. The molecular formula is C19H22BrN3O3. The van der Waals surface area contributed by atoms with E-state index < -0.39 is 0 Å². The van der Waals surface area contributed by atoms with Crippen molar-refractivity contribution in [2.75, 3.05) is 20.2 Å². The molecule has 1 saturated heterocycles. The number of likely N-dealkylation sites (tertiary alicyclic amines) is 1. The average molecular weight is 420 g/mol. The van der Waals surface area contributed by atoms with E-state index in [4.69, 9.17) is 9.47 Å². The number of aryl methyl sites for hydroxylation is 2. The van der Waals surface area contributed by atoms with E-state index in [2.05, 4.69) is 25.9 Å². The summed E-state index contributed by atoms with van der Waals surface area (Å²) >= 11 is 3.46. The van der Waals surface area contributed by atoms with Gasteiger partial charge in [-0.15, -0.1) is 0 Å². The molecule has 0 aliphatic carbocycles. The summed E-state index contributed by atoms with van der Waals surface area (Å²) in [5, 5.41) is 0. The van der Waals surface area contributed by atoms with Gasteiger partial charge in [-0.3, -0.25) is 4.79 Å². The van der Waals surface area contributed by atoms with Crippen molar-refractivity contribution in [1.29, 1.82) is 0 Å². The van der Waals surface area contributed by atoms with Crippen molar-refractivity contribution in [2.24, 2.45) is 0 Å². The lowest BCUT2D eigenvalue weighted by molar-refractivity contribution is 0.0514. The molecule has 1 aromatic carbocycles. The Hall–Kier alpha value is -2.15. The quantitative estimate of drug-likeness (QED) is 0.757. The van der Waals surface area contributed by atoms with E-state index in [-0.39, 0.29) is 12.0 Å². The summed E-state index contributed by atoms with van der Waals surface area (Å²) < 4.78 is 11.9. The van der Waals surface area contributed by atoms with E-state index in [1.807, 2.05) is 36.9 Å². The fourth-order valence-electron chi connectivity index (χ4n) is 3.08. The van der Waals surface area contributed by atoms with Crippen molar-refractivity contribution in [3.05, 3.63) is 45.7 Å². The van der Waals surface area contributed by atoms with E-state index in [0.717, 1.165) is 28.7 Å². The minimum atomic E-state index is -0.113. The average Bonchev–Trinajstić information content (AvgIpc) is 2.61. The molecule has 0 radical (unpaired) electrons. The Morgan fingerprint density at radius 1 is 1.23 bits per heavy atom. The Morgan fingerprint density at radius 2 is 1.96 bits per heavy atom. The van der Waals surface area contributed by atoms with Gasteiger partial charge in [0.05, 0.1) is 19.2 Å². The third-order valence-electron chi connectivity index (χ3n) is 4.30. The second-order valence-electron chi connectivity index (χ2n) is 6.41. The number of halogens is 1. The van der Waals surface area contributed by atoms with Gasteiger partial charge in [0, 0.05) is 22.4 Å². The second kappa shape index (κ2) is 8.03. The molecular weight excluding hydrogens is 398 g/mol. The number of hydrogen-bond acceptors (Lipinski definition) is 5. The third kappa shape index (κ3) is 4.33. The number of carbonyl (C=O) groups is 1. The smallest absolute Gasteiger partial charge is 0.317 e. The topological polar surface area (TPSA) is 64.5 Å². The van der Waals surface area contributed by atoms with Crippen LogP contribution in [0.25, 0.3) is 0 Å². The fraction of sp³-hybridized carbons (Fsp3) is 0.421. The largest absolute Gasteiger partial charge is 0.497 e. The summed E-state index contributed by atoms with van der Waals surface area (Å²) in [6, 6.07) is 7.69. The zero-order valence-corrected chi connectivity index (χ0v) is 16.7. The Morgan fingerprint density at radius 3 is 2.65 bits per heavy atom. The van der Waals surface area contributed by atoms with E-state index in [1.165, 1.54) is 0 Å². The van der Waals surface area contributed by atoms with Crippen molar-refractivity contribution in [2.45, 2.75) is 32.8 Å². The van der Waals surface area contributed by atoms with E-state index >= 15 is 0 Å². The minimum Gasteiger partial charge on any atom is -0.497 e. The van der Waals surface area contributed by atoms with Gasteiger partial charge in [-0.25, -0.2) is 9.97 Å². The highest BCUT2D eigenvalue weighted by molar-refractivity contribution is 9.10. The molecule has 1 atom stereocenters. The summed E-state index contributed by atoms with van der Waals surface area (Å²) in [5.74, 6) is 0.621. The molecule has 2 aromatic rings. The predicted octanol–water partition coefficient (Wildman–Crippen LogP) is 3.55. The highest BCUT2D eigenvalue weighted by atomic mass is 79.9. The number of methoxy groups -OCH3 is 1. The first-order chi connectivity index (χ1) is 12.5. The van der Waals surface area contributed by atoms with Crippen molar-refractivity contribution < 1.29 is 14.3 Å².